The van der Waals surface area contributed by atoms with Gasteiger partial charge in [0.2, 0.25) is 0 Å². The molecular weight excluding hydrogens is 320 g/mol. The number of benzene rings is 2. The van der Waals surface area contributed by atoms with Crippen LogP contribution in [0.15, 0.2) is 48.0 Å². The highest BCUT2D eigenvalue weighted by molar-refractivity contribution is 6.10. The van der Waals surface area contributed by atoms with E-state index >= 15 is 0 Å². The molecule has 0 atom stereocenters. The van der Waals surface area contributed by atoms with E-state index in [0.717, 1.165) is 5.56 Å². The molecule has 126 valence electrons. The quantitative estimate of drug-likeness (QED) is 0.645. The summed E-state index contributed by atoms with van der Waals surface area (Å²) in [5.74, 6) is -1.13. The highest BCUT2D eigenvalue weighted by atomic mass is 16.5. The molecular formula is C19H16N2O4. The molecule has 0 saturated carbocycles. The van der Waals surface area contributed by atoms with Crippen molar-refractivity contribution >= 4 is 23.6 Å². The molecule has 2 rings (SSSR count). The normalized spacial score (nSPS) is 10.7. The van der Waals surface area contributed by atoms with Gasteiger partial charge >= 0.3 is 5.97 Å². The van der Waals surface area contributed by atoms with Gasteiger partial charge in [-0.1, -0.05) is 18.2 Å². The summed E-state index contributed by atoms with van der Waals surface area (Å²) < 4.78 is 5.20. The minimum Gasteiger partial charge on any atom is -0.495 e. The monoisotopic (exact) mass is 336 g/mol. The number of rotatable bonds is 5. The number of amides is 1. The molecule has 0 bridgehead atoms. The molecule has 2 aromatic carbocycles. The van der Waals surface area contributed by atoms with E-state index in [1.807, 2.05) is 19.1 Å². The van der Waals surface area contributed by atoms with E-state index in [0.29, 0.717) is 17.0 Å². The number of methoxy groups -OCH3 is 1. The third-order valence-electron chi connectivity index (χ3n) is 3.44. The van der Waals surface area contributed by atoms with E-state index in [4.69, 9.17) is 9.84 Å². The van der Waals surface area contributed by atoms with Crippen molar-refractivity contribution in [1.29, 1.82) is 5.26 Å². The maximum atomic E-state index is 12.4. The molecule has 2 N–H and O–H groups in total. The number of carbonyl (C=O) groups excluding carboxylic acids is 1. The predicted molar refractivity (Wildman–Crippen MR) is 93.4 cm³/mol. The van der Waals surface area contributed by atoms with Crippen LogP contribution < -0.4 is 10.1 Å². The number of ether oxygens (including phenoxy) is 1. The van der Waals surface area contributed by atoms with Crippen LogP contribution in [0.3, 0.4) is 0 Å². The largest absolute Gasteiger partial charge is 0.495 e. The number of nitrogens with zero attached hydrogens (tertiary/aromatic N) is 1. The molecule has 6 heteroatoms. The number of hydrogen-bond donors (Lipinski definition) is 2. The van der Waals surface area contributed by atoms with E-state index < -0.39 is 11.9 Å². The van der Waals surface area contributed by atoms with Crippen molar-refractivity contribution in [3.63, 3.8) is 0 Å². The van der Waals surface area contributed by atoms with Crippen LogP contribution in [0.25, 0.3) is 6.08 Å². The van der Waals surface area contributed by atoms with Crippen molar-refractivity contribution in [3.05, 3.63) is 64.7 Å². The van der Waals surface area contributed by atoms with Gasteiger partial charge in [-0.3, -0.25) is 4.79 Å². The second kappa shape index (κ2) is 7.79. The third-order valence-corrected chi connectivity index (χ3v) is 3.44. The van der Waals surface area contributed by atoms with E-state index in [1.54, 1.807) is 12.1 Å². The molecule has 0 fully saturated rings. The molecule has 0 radical (unpaired) electrons. The average Bonchev–Trinajstić information content (AvgIpc) is 2.60. The van der Waals surface area contributed by atoms with Crippen LogP contribution in [0.1, 0.15) is 21.5 Å². The van der Waals surface area contributed by atoms with Gasteiger partial charge in [0.15, 0.2) is 0 Å². The lowest BCUT2D eigenvalue weighted by molar-refractivity contribution is -0.112. The molecule has 25 heavy (non-hydrogen) atoms. The Kier molecular flexibility index (Phi) is 5.54. The maximum absolute atomic E-state index is 12.4. The van der Waals surface area contributed by atoms with Crippen LogP contribution in [0.2, 0.25) is 0 Å². The second-order valence-corrected chi connectivity index (χ2v) is 5.25. The lowest BCUT2D eigenvalue weighted by Crippen LogP contribution is -2.14. The Morgan fingerprint density at radius 2 is 1.88 bits per heavy atom. The summed E-state index contributed by atoms with van der Waals surface area (Å²) in [6, 6.07) is 13.0. The van der Waals surface area contributed by atoms with E-state index in [1.165, 1.54) is 37.5 Å². The van der Waals surface area contributed by atoms with Gasteiger partial charge in [-0.2, -0.15) is 5.26 Å². The maximum Gasteiger partial charge on any atom is 0.335 e. The minimum atomic E-state index is -1.04. The standard InChI is InChI=1S/C19H16N2O4/c1-12-3-8-17(25-2)16(9-12)21-18(22)15(11-20)10-13-4-6-14(7-5-13)19(23)24/h3-10H,1-2H3,(H,21,22)(H,23,24)/b15-10+. The molecule has 0 aliphatic rings. The average molecular weight is 336 g/mol. The van der Waals surface area contributed by atoms with Crippen LogP contribution in [0.4, 0.5) is 5.69 Å². The molecule has 0 aliphatic carbocycles. The number of aromatic carboxylic acids is 1. The fourth-order valence-electron chi connectivity index (χ4n) is 2.15. The topological polar surface area (TPSA) is 99.4 Å². The van der Waals surface area contributed by atoms with Crippen molar-refractivity contribution in [2.45, 2.75) is 6.92 Å². The Balaban J connectivity index is 2.25. The zero-order valence-electron chi connectivity index (χ0n) is 13.7. The molecule has 0 spiro atoms. The van der Waals surface area contributed by atoms with Crippen LogP contribution in [0.5, 0.6) is 5.75 Å². The Bertz CT molecular complexity index is 877. The Labute approximate surface area is 145 Å². The van der Waals surface area contributed by atoms with Gasteiger partial charge in [0, 0.05) is 0 Å². The Hall–Kier alpha value is -3.59. The van der Waals surface area contributed by atoms with Gasteiger partial charge in [0.05, 0.1) is 18.4 Å². The number of hydrogen-bond acceptors (Lipinski definition) is 4. The van der Waals surface area contributed by atoms with E-state index in [2.05, 4.69) is 5.32 Å². The molecule has 0 saturated heterocycles. The molecule has 2 aromatic rings. The van der Waals surface area contributed by atoms with Gasteiger partial charge in [-0.25, -0.2) is 4.79 Å². The molecule has 0 aliphatic heterocycles. The first-order chi connectivity index (χ1) is 11.9. The lowest BCUT2D eigenvalue weighted by Gasteiger charge is -2.10. The number of aryl methyl sites for hydroxylation is 1. The summed E-state index contributed by atoms with van der Waals surface area (Å²) >= 11 is 0. The summed E-state index contributed by atoms with van der Waals surface area (Å²) in [5, 5.41) is 20.8. The van der Waals surface area contributed by atoms with Crippen LogP contribution in [0, 0.1) is 18.3 Å². The van der Waals surface area contributed by atoms with E-state index in [-0.39, 0.29) is 11.1 Å². The summed E-state index contributed by atoms with van der Waals surface area (Å²) in [6.45, 7) is 1.88. The van der Waals surface area contributed by atoms with Crippen LogP contribution in [-0.4, -0.2) is 24.1 Å². The number of nitrogens with one attached hydrogen (secondary N) is 1. The number of carbonyl (C=O) groups is 2. The Morgan fingerprint density at radius 3 is 2.44 bits per heavy atom. The third kappa shape index (κ3) is 4.45. The zero-order valence-corrected chi connectivity index (χ0v) is 13.7. The fraction of sp³-hybridized carbons (Fsp3) is 0.105. The number of anilines is 1. The number of nitriles is 1. The Morgan fingerprint density at radius 1 is 1.20 bits per heavy atom. The van der Waals surface area contributed by atoms with Crippen molar-refractivity contribution < 1.29 is 19.4 Å². The zero-order chi connectivity index (χ0) is 18.4. The first-order valence-electron chi connectivity index (χ1n) is 7.35. The fourth-order valence-corrected chi connectivity index (χ4v) is 2.15. The molecule has 6 nitrogen and oxygen atoms in total. The van der Waals surface area contributed by atoms with Gasteiger partial charge in [-0.15, -0.1) is 0 Å². The van der Waals surface area contributed by atoms with Crippen molar-refractivity contribution in [3.8, 4) is 11.8 Å². The molecule has 0 heterocycles. The van der Waals surface area contributed by atoms with Gasteiger partial charge in [0.25, 0.3) is 5.91 Å². The molecule has 0 unspecified atom stereocenters. The summed E-state index contributed by atoms with van der Waals surface area (Å²) in [7, 11) is 1.49. The SMILES string of the molecule is COc1ccc(C)cc1NC(=O)/C(C#N)=C/c1ccc(C(=O)O)cc1. The van der Waals surface area contributed by atoms with Crippen molar-refractivity contribution in [2.24, 2.45) is 0 Å². The van der Waals surface area contributed by atoms with Gasteiger partial charge < -0.3 is 15.2 Å². The highest BCUT2D eigenvalue weighted by Crippen LogP contribution is 2.25. The molecule has 0 aromatic heterocycles. The smallest absolute Gasteiger partial charge is 0.335 e. The highest BCUT2D eigenvalue weighted by Gasteiger charge is 2.13. The molecule has 1 amide bonds. The predicted octanol–water partition coefficient (Wildman–Crippen LogP) is 3.25. The first-order valence-corrected chi connectivity index (χ1v) is 7.35. The van der Waals surface area contributed by atoms with Gasteiger partial charge in [0.1, 0.15) is 17.4 Å². The summed E-state index contributed by atoms with van der Waals surface area (Å²) in [4.78, 5) is 23.2. The second-order valence-electron chi connectivity index (χ2n) is 5.25. The summed E-state index contributed by atoms with van der Waals surface area (Å²) in [5.41, 5.74) is 1.97. The van der Waals surface area contributed by atoms with E-state index in [9.17, 15) is 14.9 Å². The minimum absolute atomic E-state index is 0.105. The van der Waals surface area contributed by atoms with Crippen molar-refractivity contribution in [1.82, 2.24) is 0 Å². The number of carboxylic acids is 1. The van der Waals surface area contributed by atoms with Gasteiger partial charge in [-0.05, 0) is 48.4 Å². The van der Waals surface area contributed by atoms with Crippen LogP contribution >= 0.6 is 0 Å². The van der Waals surface area contributed by atoms with Crippen molar-refractivity contribution in [2.75, 3.05) is 12.4 Å². The first kappa shape index (κ1) is 17.8. The number of carboxylic acid groups (broad SMARTS) is 1. The summed E-state index contributed by atoms with van der Waals surface area (Å²) in [6.07, 6.45) is 1.39. The van der Waals surface area contributed by atoms with Crippen LogP contribution in [-0.2, 0) is 4.79 Å². The lowest BCUT2D eigenvalue weighted by atomic mass is 10.1.